The quantitative estimate of drug-likeness (QED) is 0.798. The number of thiophene rings is 1. The molecular formula is C10H8ClNOS. The molecule has 0 bridgehead atoms. The number of hydrogen-bond donors (Lipinski definition) is 1. The molecule has 2 rings (SSSR count). The van der Waals surface area contributed by atoms with E-state index in [-0.39, 0.29) is 0 Å². The molecule has 0 saturated heterocycles. The van der Waals surface area contributed by atoms with E-state index in [0.29, 0.717) is 5.15 Å². The van der Waals surface area contributed by atoms with E-state index in [2.05, 4.69) is 4.98 Å². The van der Waals surface area contributed by atoms with Gasteiger partial charge in [0.2, 0.25) is 0 Å². The molecule has 0 aliphatic carbocycles. The summed E-state index contributed by atoms with van der Waals surface area (Å²) in [5.41, 5.74) is 1.65. The van der Waals surface area contributed by atoms with Crippen LogP contribution in [0.1, 0.15) is 17.2 Å². The molecule has 0 aliphatic rings. The number of aromatic nitrogens is 1. The Morgan fingerprint density at radius 2 is 2.14 bits per heavy atom. The first kappa shape index (κ1) is 9.65. The number of pyridine rings is 1. The predicted octanol–water partition coefficient (Wildman–Crippen LogP) is 2.88. The second-order valence-corrected chi connectivity index (χ2v) is 4.04. The molecule has 72 valence electrons. The molecule has 0 aromatic carbocycles. The monoisotopic (exact) mass is 225 g/mol. The maximum atomic E-state index is 9.90. The van der Waals surface area contributed by atoms with Crippen LogP contribution in [0, 0.1) is 0 Å². The van der Waals surface area contributed by atoms with Gasteiger partial charge < -0.3 is 5.11 Å². The van der Waals surface area contributed by atoms with E-state index in [9.17, 15) is 5.11 Å². The Labute approximate surface area is 90.8 Å². The minimum atomic E-state index is -0.606. The van der Waals surface area contributed by atoms with E-state index < -0.39 is 6.10 Å². The van der Waals surface area contributed by atoms with Crippen LogP contribution in [0.5, 0.6) is 0 Å². The van der Waals surface area contributed by atoms with Gasteiger partial charge >= 0.3 is 0 Å². The van der Waals surface area contributed by atoms with E-state index in [4.69, 9.17) is 11.6 Å². The lowest BCUT2D eigenvalue weighted by molar-refractivity contribution is 0.220. The first-order chi connectivity index (χ1) is 6.77. The summed E-state index contributed by atoms with van der Waals surface area (Å²) < 4.78 is 0. The number of aliphatic hydroxyl groups excluding tert-OH is 1. The summed E-state index contributed by atoms with van der Waals surface area (Å²) in [6, 6.07) is 5.34. The molecule has 2 aromatic rings. The van der Waals surface area contributed by atoms with Crippen molar-refractivity contribution in [3.63, 3.8) is 0 Å². The normalized spacial score (nSPS) is 12.7. The van der Waals surface area contributed by atoms with Crippen molar-refractivity contribution in [3.05, 3.63) is 51.4 Å². The minimum Gasteiger partial charge on any atom is -0.384 e. The third-order valence-electron chi connectivity index (χ3n) is 1.92. The zero-order valence-corrected chi connectivity index (χ0v) is 8.79. The summed E-state index contributed by atoms with van der Waals surface area (Å²) in [6.45, 7) is 0. The van der Waals surface area contributed by atoms with Crippen molar-refractivity contribution in [2.45, 2.75) is 6.10 Å². The van der Waals surface area contributed by atoms with Crippen LogP contribution in [-0.2, 0) is 0 Å². The SMILES string of the molecule is OC(c1ccc(Cl)nc1)c1ccsc1. The van der Waals surface area contributed by atoms with Crippen molar-refractivity contribution in [3.8, 4) is 0 Å². The van der Waals surface area contributed by atoms with Crippen LogP contribution in [0.25, 0.3) is 0 Å². The van der Waals surface area contributed by atoms with Gasteiger partial charge in [0.25, 0.3) is 0 Å². The Morgan fingerprint density at radius 3 is 2.71 bits per heavy atom. The standard InChI is InChI=1S/C10H8ClNOS/c11-9-2-1-7(5-12-9)10(13)8-3-4-14-6-8/h1-6,10,13H. The maximum absolute atomic E-state index is 9.90. The van der Waals surface area contributed by atoms with Crippen molar-refractivity contribution in [2.75, 3.05) is 0 Å². The first-order valence-electron chi connectivity index (χ1n) is 4.09. The lowest BCUT2D eigenvalue weighted by Crippen LogP contribution is -1.98. The molecule has 0 saturated carbocycles. The zero-order chi connectivity index (χ0) is 9.97. The predicted molar refractivity (Wildman–Crippen MR) is 57.6 cm³/mol. The molecule has 1 unspecified atom stereocenters. The Hall–Kier alpha value is -0.900. The van der Waals surface area contributed by atoms with Crippen molar-refractivity contribution in [1.82, 2.24) is 4.98 Å². The summed E-state index contributed by atoms with van der Waals surface area (Å²) >= 11 is 7.21. The minimum absolute atomic E-state index is 0.436. The highest BCUT2D eigenvalue weighted by atomic mass is 35.5. The molecule has 0 aliphatic heterocycles. The fourth-order valence-corrected chi connectivity index (χ4v) is 1.96. The van der Waals surface area contributed by atoms with Crippen molar-refractivity contribution < 1.29 is 5.11 Å². The number of halogens is 1. The van der Waals surface area contributed by atoms with E-state index in [1.807, 2.05) is 16.8 Å². The number of hydrogen-bond acceptors (Lipinski definition) is 3. The Balaban J connectivity index is 2.28. The number of rotatable bonds is 2. The third kappa shape index (κ3) is 1.95. The van der Waals surface area contributed by atoms with Gasteiger partial charge in [0.05, 0.1) is 0 Å². The maximum Gasteiger partial charge on any atom is 0.129 e. The lowest BCUT2D eigenvalue weighted by atomic mass is 10.1. The average Bonchev–Trinajstić information content (AvgIpc) is 2.71. The molecule has 1 N–H and O–H groups in total. The molecule has 14 heavy (non-hydrogen) atoms. The van der Waals surface area contributed by atoms with Gasteiger partial charge in [-0.3, -0.25) is 0 Å². The molecule has 0 spiro atoms. The summed E-state index contributed by atoms with van der Waals surface area (Å²) in [5.74, 6) is 0. The molecule has 0 amide bonds. The largest absolute Gasteiger partial charge is 0.384 e. The van der Waals surface area contributed by atoms with Gasteiger partial charge in [-0.15, -0.1) is 0 Å². The lowest BCUT2D eigenvalue weighted by Gasteiger charge is -2.07. The summed E-state index contributed by atoms with van der Waals surface area (Å²) in [7, 11) is 0. The summed E-state index contributed by atoms with van der Waals surface area (Å²) in [4.78, 5) is 3.92. The van der Waals surface area contributed by atoms with Crippen LogP contribution in [0.4, 0.5) is 0 Å². The van der Waals surface area contributed by atoms with E-state index in [0.717, 1.165) is 11.1 Å². The van der Waals surface area contributed by atoms with Gasteiger partial charge in [0.15, 0.2) is 0 Å². The van der Waals surface area contributed by atoms with E-state index in [1.165, 1.54) is 0 Å². The smallest absolute Gasteiger partial charge is 0.129 e. The average molecular weight is 226 g/mol. The Morgan fingerprint density at radius 1 is 1.29 bits per heavy atom. The van der Waals surface area contributed by atoms with Crippen LogP contribution in [0.3, 0.4) is 0 Å². The van der Waals surface area contributed by atoms with Crippen molar-refractivity contribution in [1.29, 1.82) is 0 Å². The Kier molecular flexibility index (Phi) is 2.82. The molecule has 2 nitrogen and oxygen atoms in total. The molecule has 2 aromatic heterocycles. The molecule has 0 fully saturated rings. The second-order valence-electron chi connectivity index (χ2n) is 2.87. The third-order valence-corrected chi connectivity index (χ3v) is 2.85. The van der Waals surface area contributed by atoms with Gasteiger partial charge in [-0.25, -0.2) is 4.98 Å². The van der Waals surface area contributed by atoms with Crippen molar-refractivity contribution >= 4 is 22.9 Å². The van der Waals surface area contributed by atoms with Crippen LogP contribution in [0.2, 0.25) is 5.15 Å². The molecule has 2 heterocycles. The van der Waals surface area contributed by atoms with Crippen molar-refractivity contribution in [2.24, 2.45) is 0 Å². The van der Waals surface area contributed by atoms with E-state index in [1.54, 1.807) is 29.7 Å². The molecule has 0 radical (unpaired) electrons. The van der Waals surface area contributed by atoms with Crippen LogP contribution in [-0.4, -0.2) is 10.1 Å². The highest BCUT2D eigenvalue weighted by molar-refractivity contribution is 7.07. The zero-order valence-electron chi connectivity index (χ0n) is 7.22. The highest BCUT2D eigenvalue weighted by Gasteiger charge is 2.10. The van der Waals surface area contributed by atoms with E-state index >= 15 is 0 Å². The van der Waals surface area contributed by atoms with Gasteiger partial charge in [0, 0.05) is 11.8 Å². The first-order valence-corrected chi connectivity index (χ1v) is 5.41. The fourth-order valence-electron chi connectivity index (χ4n) is 1.17. The topological polar surface area (TPSA) is 33.1 Å². The number of aliphatic hydroxyl groups is 1. The summed E-state index contributed by atoms with van der Waals surface area (Å²) in [5, 5.41) is 14.2. The van der Waals surface area contributed by atoms with Gasteiger partial charge in [-0.2, -0.15) is 11.3 Å². The molecular weight excluding hydrogens is 218 g/mol. The van der Waals surface area contributed by atoms with Crippen LogP contribution >= 0.6 is 22.9 Å². The van der Waals surface area contributed by atoms with Crippen LogP contribution in [0.15, 0.2) is 35.2 Å². The van der Waals surface area contributed by atoms with Gasteiger partial charge in [-0.05, 0) is 28.5 Å². The number of nitrogens with zero attached hydrogens (tertiary/aromatic N) is 1. The van der Waals surface area contributed by atoms with Gasteiger partial charge in [-0.1, -0.05) is 17.7 Å². The fraction of sp³-hybridized carbons (Fsp3) is 0.100. The van der Waals surface area contributed by atoms with Gasteiger partial charge in [0.1, 0.15) is 11.3 Å². The Bertz CT molecular complexity index is 399. The molecule has 1 atom stereocenters. The van der Waals surface area contributed by atoms with Crippen LogP contribution < -0.4 is 0 Å². The highest BCUT2D eigenvalue weighted by Crippen LogP contribution is 2.23. The molecule has 4 heteroatoms. The summed E-state index contributed by atoms with van der Waals surface area (Å²) in [6.07, 6.45) is 0.982. The second kappa shape index (κ2) is 4.09.